The molecule has 0 radical (unpaired) electrons. The lowest BCUT2D eigenvalue weighted by atomic mass is 9.58. The summed E-state index contributed by atoms with van der Waals surface area (Å²) in [5.41, 5.74) is -2.34. The van der Waals surface area contributed by atoms with Gasteiger partial charge in [0.2, 0.25) is 0 Å². The lowest BCUT2D eigenvalue weighted by Crippen LogP contribution is -2.63. The summed E-state index contributed by atoms with van der Waals surface area (Å²) in [6.45, 7) is 19.1. The minimum absolute atomic E-state index is 0.144. The Kier molecular flexibility index (Phi) is 16.9. The first-order valence-corrected chi connectivity index (χ1v) is 20.4. The number of ether oxygens (including phenoxy) is 6. The van der Waals surface area contributed by atoms with Crippen molar-refractivity contribution in [3.05, 3.63) is 35.5 Å². The summed E-state index contributed by atoms with van der Waals surface area (Å²) in [7, 11) is 0. The van der Waals surface area contributed by atoms with E-state index in [0.717, 1.165) is 12.5 Å². The molecule has 15 nitrogen and oxygen atoms in total. The number of rotatable bonds is 16. The van der Waals surface area contributed by atoms with Gasteiger partial charge in [0.25, 0.3) is 0 Å². The van der Waals surface area contributed by atoms with Crippen molar-refractivity contribution in [3.8, 4) is 0 Å². The summed E-state index contributed by atoms with van der Waals surface area (Å²) in [6, 6.07) is 0. The molecule has 12 atom stereocenters. The third-order valence-corrected chi connectivity index (χ3v) is 12.5. The van der Waals surface area contributed by atoms with Crippen molar-refractivity contribution in [2.45, 2.75) is 182 Å². The van der Waals surface area contributed by atoms with Crippen LogP contribution in [0.2, 0.25) is 0 Å². The van der Waals surface area contributed by atoms with E-state index in [1.165, 1.54) is 32.9 Å². The molecule has 0 aromatic carbocycles. The Bertz CT molecular complexity index is 1620. The van der Waals surface area contributed by atoms with Crippen molar-refractivity contribution in [1.82, 2.24) is 0 Å². The van der Waals surface area contributed by atoms with Crippen molar-refractivity contribution < 1.29 is 72.8 Å². The molecule has 1 heterocycles. The molecule has 334 valence electrons. The Morgan fingerprint density at radius 2 is 1.53 bits per heavy atom. The molecule has 15 heteroatoms. The maximum absolute atomic E-state index is 12.8. The second kappa shape index (κ2) is 19.9. The Balaban J connectivity index is 1.85. The molecular formula is C44H68O15. The topological polar surface area (TPSA) is 222 Å². The molecule has 0 aromatic rings. The molecule has 0 spiro atoms. The fourth-order valence-electron chi connectivity index (χ4n) is 9.31. The van der Waals surface area contributed by atoms with Crippen LogP contribution in [-0.4, -0.2) is 117 Å². The van der Waals surface area contributed by atoms with Crippen molar-refractivity contribution in [1.29, 1.82) is 0 Å². The molecule has 1 saturated heterocycles. The van der Waals surface area contributed by atoms with Crippen LogP contribution in [-0.2, 0) is 52.4 Å². The van der Waals surface area contributed by atoms with Gasteiger partial charge in [-0.2, -0.15) is 0 Å². The predicted octanol–water partition coefficient (Wildman–Crippen LogP) is 4.35. The van der Waals surface area contributed by atoms with Gasteiger partial charge in [-0.1, -0.05) is 39.3 Å². The highest BCUT2D eigenvalue weighted by Crippen LogP contribution is 2.52. The van der Waals surface area contributed by atoms with Gasteiger partial charge in [-0.15, -0.1) is 0 Å². The molecule has 12 unspecified atom stereocenters. The van der Waals surface area contributed by atoms with Gasteiger partial charge in [-0.05, 0) is 89.0 Å². The largest absolute Gasteiger partial charge is 0.459 e. The van der Waals surface area contributed by atoms with E-state index in [4.69, 9.17) is 28.4 Å². The minimum Gasteiger partial charge on any atom is -0.459 e. The standard InChI is InChI=1S/C44H68O15/c1-24(13-15-30(54-26(3)46)21-25(2)31(55-27(4)47)22-34-41(7,8)35(50)17-19-43(34,11)53)14-16-33-42(9,10)36(18-20-44(33,12)59-29(6)49)58-40-38(52)39(56-28(5)48)37(51)32(23-45)57-40/h13,17,19,21,30-34,36-40,45,51-53H,14-16,18,20,22-23H2,1-12H3/b24-13-,25-21+. The molecule has 0 aromatic heterocycles. The Morgan fingerprint density at radius 1 is 0.898 bits per heavy atom. The zero-order chi connectivity index (χ0) is 44.8. The van der Waals surface area contributed by atoms with Crippen LogP contribution >= 0.6 is 0 Å². The zero-order valence-electron chi connectivity index (χ0n) is 36.8. The maximum atomic E-state index is 12.8. The molecule has 3 aliphatic rings. The van der Waals surface area contributed by atoms with E-state index < -0.39 is 107 Å². The second-order valence-corrected chi connectivity index (χ2v) is 18.1. The van der Waals surface area contributed by atoms with Gasteiger partial charge in [0, 0.05) is 51.4 Å². The van der Waals surface area contributed by atoms with Crippen LogP contribution in [0.25, 0.3) is 0 Å². The number of carbonyl (C=O) groups excluding carboxylic acids is 5. The summed E-state index contributed by atoms with van der Waals surface area (Å²) in [4.78, 5) is 61.6. The number of esters is 4. The van der Waals surface area contributed by atoms with Gasteiger partial charge in [0.1, 0.15) is 36.1 Å². The van der Waals surface area contributed by atoms with Gasteiger partial charge >= 0.3 is 23.9 Å². The number of ketones is 1. The van der Waals surface area contributed by atoms with Crippen LogP contribution in [0.4, 0.5) is 0 Å². The van der Waals surface area contributed by atoms with E-state index in [-0.39, 0.29) is 24.5 Å². The van der Waals surface area contributed by atoms with Crippen LogP contribution in [0.5, 0.6) is 0 Å². The summed E-state index contributed by atoms with van der Waals surface area (Å²) < 4.78 is 34.8. The van der Waals surface area contributed by atoms with E-state index in [1.54, 1.807) is 33.8 Å². The van der Waals surface area contributed by atoms with Crippen molar-refractivity contribution in [2.75, 3.05) is 6.61 Å². The van der Waals surface area contributed by atoms with Crippen LogP contribution in [0.15, 0.2) is 35.5 Å². The van der Waals surface area contributed by atoms with Crippen LogP contribution in [0.1, 0.15) is 122 Å². The first kappa shape index (κ1) is 49.9. The zero-order valence-corrected chi connectivity index (χ0v) is 36.8. The van der Waals surface area contributed by atoms with Crippen molar-refractivity contribution in [3.63, 3.8) is 0 Å². The van der Waals surface area contributed by atoms with Crippen molar-refractivity contribution in [2.24, 2.45) is 22.7 Å². The number of aliphatic hydroxyl groups excluding tert-OH is 3. The van der Waals surface area contributed by atoms with Crippen molar-refractivity contribution >= 4 is 29.7 Å². The second-order valence-electron chi connectivity index (χ2n) is 18.1. The van der Waals surface area contributed by atoms with Gasteiger partial charge < -0.3 is 48.8 Å². The third kappa shape index (κ3) is 12.5. The molecular weight excluding hydrogens is 768 g/mol. The van der Waals surface area contributed by atoms with Gasteiger partial charge in [-0.3, -0.25) is 24.0 Å². The highest BCUT2D eigenvalue weighted by molar-refractivity contribution is 5.95. The summed E-state index contributed by atoms with van der Waals surface area (Å²) in [5.74, 6) is -3.25. The summed E-state index contributed by atoms with van der Waals surface area (Å²) >= 11 is 0. The quantitative estimate of drug-likeness (QED) is 0.0965. The van der Waals surface area contributed by atoms with E-state index in [0.29, 0.717) is 31.3 Å². The number of hydrogen-bond donors (Lipinski definition) is 4. The number of aliphatic hydroxyl groups is 4. The van der Waals surface area contributed by atoms with E-state index in [2.05, 4.69) is 0 Å². The lowest BCUT2D eigenvalue weighted by Gasteiger charge is -2.54. The van der Waals surface area contributed by atoms with Gasteiger partial charge in [0.05, 0.1) is 18.3 Å². The van der Waals surface area contributed by atoms with Gasteiger partial charge in [0.15, 0.2) is 18.2 Å². The molecule has 0 bridgehead atoms. The molecule has 2 aliphatic carbocycles. The maximum Gasteiger partial charge on any atom is 0.303 e. The highest BCUT2D eigenvalue weighted by atomic mass is 16.7. The fraction of sp³-hybridized carbons (Fsp3) is 0.750. The lowest BCUT2D eigenvalue weighted by molar-refractivity contribution is -0.328. The monoisotopic (exact) mass is 836 g/mol. The average molecular weight is 837 g/mol. The molecule has 59 heavy (non-hydrogen) atoms. The predicted molar refractivity (Wildman–Crippen MR) is 214 cm³/mol. The first-order valence-electron chi connectivity index (χ1n) is 20.4. The Morgan fingerprint density at radius 3 is 2.08 bits per heavy atom. The van der Waals surface area contributed by atoms with Gasteiger partial charge in [-0.25, -0.2) is 0 Å². The van der Waals surface area contributed by atoms with Crippen LogP contribution in [0, 0.1) is 22.7 Å². The summed E-state index contributed by atoms with van der Waals surface area (Å²) in [5, 5.41) is 42.9. The normalized spacial score (nSPS) is 34.3. The fourth-order valence-corrected chi connectivity index (χ4v) is 9.31. The van der Waals surface area contributed by atoms with E-state index in [9.17, 15) is 44.4 Å². The SMILES string of the molecule is CC(=O)OC(/C=C(\C)C(CC1C(C)(O)C=CC(=O)C1(C)C)OC(C)=O)C/C=C(/C)CCC1C(C)(OC(C)=O)CCC(OC2OC(CO)C(O)C(OC(C)=O)C2O)C1(C)C. The third-order valence-electron chi connectivity index (χ3n) is 12.5. The smallest absolute Gasteiger partial charge is 0.303 e. The minimum atomic E-state index is -1.56. The molecule has 4 N–H and O–H groups in total. The molecule has 1 aliphatic heterocycles. The van der Waals surface area contributed by atoms with E-state index >= 15 is 0 Å². The molecule has 1 saturated carbocycles. The Hall–Kier alpha value is -3.47. The molecule has 0 amide bonds. The molecule has 2 fully saturated rings. The number of hydrogen-bond acceptors (Lipinski definition) is 15. The summed E-state index contributed by atoms with van der Waals surface area (Å²) in [6.07, 6.45) is -0.229. The first-order chi connectivity index (χ1) is 27.2. The number of allylic oxidation sites excluding steroid dienone is 2. The average Bonchev–Trinajstić information content (AvgIpc) is 3.10. The highest BCUT2D eigenvalue weighted by Gasteiger charge is 2.56. The molecule has 3 rings (SSSR count). The number of carbonyl (C=O) groups is 5. The van der Waals surface area contributed by atoms with Crippen LogP contribution in [0.3, 0.4) is 0 Å². The van der Waals surface area contributed by atoms with E-state index in [1.807, 2.05) is 33.8 Å². The Labute approximate surface area is 348 Å². The van der Waals surface area contributed by atoms with Crippen LogP contribution < -0.4 is 0 Å².